The highest BCUT2D eigenvalue weighted by Gasteiger charge is 2.54. The van der Waals surface area contributed by atoms with Crippen LogP contribution in [0.1, 0.15) is 44.2 Å². The van der Waals surface area contributed by atoms with Gasteiger partial charge in [-0.1, -0.05) is 31.2 Å². The minimum Gasteiger partial charge on any atom is -0.497 e. The second kappa shape index (κ2) is 11.1. The quantitative estimate of drug-likeness (QED) is 0.520. The van der Waals surface area contributed by atoms with Crippen LogP contribution in [0.5, 0.6) is 5.75 Å². The van der Waals surface area contributed by atoms with E-state index < -0.39 is 5.54 Å². The molecule has 2 heterocycles. The Labute approximate surface area is 213 Å². The van der Waals surface area contributed by atoms with Gasteiger partial charge >= 0.3 is 6.03 Å². The molecule has 4 rings (SSSR count). The third kappa shape index (κ3) is 5.54. The van der Waals surface area contributed by atoms with E-state index in [2.05, 4.69) is 15.5 Å². The number of hydrogen-bond acceptors (Lipinski definition) is 5. The number of carbonyl (C=O) groups is 3. The summed E-state index contributed by atoms with van der Waals surface area (Å²) in [6, 6.07) is 15.3. The standard InChI is InChI=1S/C28H36N4O4/c1-4-28(26(34)32(27(35)30-28)18-13-21-7-11-25(36-3)12-8-21)23-14-16-31(17-15-23)19-22-5-9-24(10-6-22)29-20(2)33/h5-12,23H,4,13-19H2,1-3H3,(H,29,33)(H,30,35)/t28-/m1/s1. The molecule has 0 spiro atoms. The first kappa shape index (κ1) is 25.7. The fourth-order valence-electron chi connectivity index (χ4n) is 5.42. The van der Waals surface area contributed by atoms with E-state index in [0.717, 1.165) is 49.5 Å². The van der Waals surface area contributed by atoms with Gasteiger partial charge < -0.3 is 15.4 Å². The fraction of sp³-hybridized carbons (Fsp3) is 0.464. The van der Waals surface area contributed by atoms with Crippen LogP contribution in [0.3, 0.4) is 0 Å². The van der Waals surface area contributed by atoms with E-state index in [-0.39, 0.29) is 23.8 Å². The van der Waals surface area contributed by atoms with Crippen LogP contribution >= 0.6 is 0 Å². The summed E-state index contributed by atoms with van der Waals surface area (Å²) in [7, 11) is 1.63. The Morgan fingerprint density at radius 2 is 1.69 bits per heavy atom. The van der Waals surface area contributed by atoms with Gasteiger partial charge in [0.1, 0.15) is 11.3 Å². The number of amides is 4. The van der Waals surface area contributed by atoms with Gasteiger partial charge in [-0.3, -0.25) is 19.4 Å². The van der Waals surface area contributed by atoms with Crippen molar-refractivity contribution in [2.24, 2.45) is 5.92 Å². The maximum atomic E-state index is 13.5. The summed E-state index contributed by atoms with van der Waals surface area (Å²) in [5.41, 5.74) is 2.22. The highest BCUT2D eigenvalue weighted by Crippen LogP contribution is 2.36. The van der Waals surface area contributed by atoms with Crippen molar-refractivity contribution in [3.8, 4) is 5.75 Å². The number of urea groups is 1. The molecule has 2 aromatic carbocycles. The lowest BCUT2D eigenvalue weighted by molar-refractivity contribution is -0.134. The summed E-state index contributed by atoms with van der Waals surface area (Å²) >= 11 is 0. The summed E-state index contributed by atoms with van der Waals surface area (Å²) in [5.74, 6) is 0.730. The molecule has 0 saturated carbocycles. The molecule has 192 valence electrons. The molecule has 8 heteroatoms. The van der Waals surface area contributed by atoms with E-state index in [4.69, 9.17) is 4.74 Å². The van der Waals surface area contributed by atoms with E-state index >= 15 is 0 Å². The highest BCUT2D eigenvalue weighted by atomic mass is 16.5. The summed E-state index contributed by atoms with van der Waals surface area (Å²) in [6.07, 6.45) is 2.92. The Bertz CT molecular complexity index is 1080. The molecule has 8 nitrogen and oxygen atoms in total. The molecule has 0 aromatic heterocycles. The molecule has 1 atom stereocenters. The predicted octanol–water partition coefficient (Wildman–Crippen LogP) is 3.81. The summed E-state index contributed by atoms with van der Waals surface area (Å²) in [5, 5.41) is 5.88. The van der Waals surface area contributed by atoms with Gasteiger partial charge in [-0.2, -0.15) is 0 Å². The van der Waals surface area contributed by atoms with Crippen LogP contribution in [0.15, 0.2) is 48.5 Å². The number of ether oxygens (including phenoxy) is 1. The average molecular weight is 493 g/mol. The fourth-order valence-corrected chi connectivity index (χ4v) is 5.42. The number of likely N-dealkylation sites (tertiary alicyclic amines) is 1. The molecule has 0 bridgehead atoms. The van der Waals surface area contributed by atoms with Crippen LogP contribution in [0.4, 0.5) is 10.5 Å². The normalized spacial score (nSPS) is 20.9. The van der Waals surface area contributed by atoms with Crippen LogP contribution in [-0.2, 0) is 22.6 Å². The van der Waals surface area contributed by atoms with Crippen molar-refractivity contribution in [3.05, 3.63) is 59.7 Å². The molecule has 2 aliphatic rings. The van der Waals surface area contributed by atoms with Crippen LogP contribution in [0, 0.1) is 5.92 Å². The smallest absolute Gasteiger partial charge is 0.325 e. The first-order valence-corrected chi connectivity index (χ1v) is 12.7. The first-order chi connectivity index (χ1) is 17.3. The summed E-state index contributed by atoms with van der Waals surface area (Å²) in [6.45, 7) is 6.42. The molecule has 0 radical (unpaired) electrons. The molecule has 0 aliphatic carbocycles. The lowest BCUT2D eigenvalue weighted by Crippen LogP contribution is -2.55. The van der Waals surface area contributed by atoms with E-state index in [9.17, 15) is 14.4 Å². The predicted molar refractivity (Wildman–Crippen MR) is 139 cm³/mol. The minimum atomic E-state index is -0.816. The summed E-state index contributed by atoms with van der Waals surface area (Å²) < 4.78 is 5.20. The number of hydrogen-bond donors (Lipinski definition) is 2. The molecular weight excluding hydrogens is 456 g/mol. The Morgan fingerprint density at radius 1 is 1.06 bits per heavy atom. The van der Waals surface area contributed by atoms with Crippen LogP contribution in [-0.4, -0.2) is 59.9 Å². The molecule has 2 N–H and O–H groups in total. The number of rotatable bonds is 9. The Balaban J connectivity index is 1.33. The lowest BCUT2D eigenvalue weighted by Gasteiger charge is -2.40. The number of anilines is 1. The SMILES string of the molecule is CC[C@]1(C2CCN(Cc3ccc(NC(C)=O)cc3)CC2)NC(=O)N(CCc2ccc(OC)cc2)C1=O. The van der Waals surface area contributed by atoms with Gasteiger partial charge in [0, 0.05) is 25.7 Å². The van der Waals surface area contributed by atoms with Crippen molar-refractivity contribution in [1.82, 2.24) is 15.1 Å². The second-order valence-electron chi connectivity index (χ2n) is 9.74. The van der Waals surface area contributed by atoms with Gasteiger partial charge in [-0.05, 0) is 80.1 Å². The molecule has 4 amide bonds. The molecule has 2 aliphatic heterocycles. The molecular formula is C28H36N4O4. The summed E-state index contributed by atoms with van der Waals surface area (Å²) in [4.78, 5) is 41.4. The first-order valence-electron chi connectivity index (χ1n) is 12.7. The lowest BCUT2D eigenvalue weighted by atomic mass is 9.75. The Kier molecular flexibility index (Phi) is 7.94. The largest absolute Gasteiger partial charge is 0.497 e. The second-order valence-corrected chi connectivity index (χ2v) is 9.74. The minimum absolute atomic E-state index is 0.0810. The van der Waals surface area contributed by atoms with Gasteiger partial charge in [0.05, 0.1) is 7.11 Å². The van der Waals surface area contributed by atoms with Gasteiger partial charge in [0.25, 0.3) is 5.91 Å². The van der Waals surface area contributed by atoms with Gasteiger partial charge in [0.15, 0.2) is 0 Å². The molecule has 0 unspecified atom stereocenters. The van der Waals surface area contributed by atoms with E-state index in [1.807, 2.05) is 55.5 Å². The van der Waals surface area contributed by atoms with Gasteiger partial charge in [0.2, 0.25) is 5.91 Å². The van der Waals surface area contributed by atoms with Crippen LogP contribution in [0.25, 0.3) is 0 Å². The average Bonchev–Trinajstić information content (AvgIpc) is 3.14. The molecule has 36 heavy (non-hydrogen) atoms. The number of carbonyl (C=O) groups excluding carboxylic acids is 3. The Hall–Kier alpha value is -3.39. The van der Waals surface area contributed by atoms with E-state index in [1.165, 1.54) is 17.4 Å². The number of methoxy groups -OCH3 is 1. The van der Waals surface area contributed by atoms with Crippen molar-refractivity contribution in [1.29, 1.82) is 0 Å². The zero-order chi connectivity index (χ0) is 25.7. The van der Waals surface area contributed by atoms with E-state index in [1.54, 1.807) is 7.11 Å². The zero-order valence-corrected chi connectivity index (χ0v) is 21.4. The van der Waals surface area contributed by atoms with Crippen molar-refractivity contribution in [2.75, 3.05) is 32.1 Å². The maximum Gasteiger partial charge on any atom is 0.325 e. The van der Waals surface area contributed by atoms with Gasteiger partial charge in [-0.15, -0.1) is 0 Å². The third-order valence-electron chi connectivity index (χ3n) is 7.51. The Morgan fingerprint density at radius 3 is 2.28 bits per heavy atom. The number of nitrogens with zero attached hydrogens (tertiary/aromatic N) is 2. The monoisotopic (exact) mass is 492 g/mol. The molecule has 2 fully saturated rings. The van der Waals surface area contributed by atoms with Crippen molar-refractivity contribution in [3.63, 3.8) is 0 Å². The van der Waals surface area contributed by atoms with Crippen LogP contribution < -0.4 is 15.4 Å². The topological polar surface area (TPSA) is 91.0 Å². The van der Waals surface area contributed by atoms with Gasteiger partial charge in [-0.25, -0.2) is 4.79 Å². The number of nitrogens with one attached hydrogen (secondary N) is 2. The zero-order valence-electron chi connectivity index (χ0n) is 21.4. The van der Waals surface area contributed by atoms with Crippen molar-refractivity contribution in [2.45, 2.75) is 51.6 Å². The van der Waals surface area contributed by atoms with Crippen molar-refractivity contribution < 1.29 is 19.1 Å². The maximum absolute atomic E-state index is 13.5. The van der Waals surface area contributed by atoms with Crippen LogP contribution in [0.2, 0.25) is 0 Å². The van der Waals surface area contributed by atoms with E-state index in [0.29, 0.717) is 19.4 Å². The van der Waals surface area contributed by atoms with Crippen molar-refractivity contribution >= 4 is 23.5 Å². The molecule has 2 saturated heterocycles. The number of imide groups is 1. The molecule has 2 aromatic rings. The number of piperidine rings is 1. The highest BCUT2D eigenvalue weighted by molar-refractivity contribution is 6.07. The number of benzene rings is 2. The third-order valence-corrected chi connectivity index (χ3v) is 7.51.